The van der Waals surface area contributed by atoms with E-state index in [1.54, 1.807) is 6.07 Å². The number of aromatic nitrogens is 2. The molecule has 1 aromatic carbocycles. The fourth-order valence-electron chi connectivity index (χ4n) is 1.80. The van der Waals surface area contributed by atoms with Gasteiger partial charge >= 0.3 is 0 Å². The Morgan fingerprint density at radius 1 is 1.42 bits per heavy atom. The number of nitrogens with two attached hydrogens (primary N) is 1. The van der Waals surface area contributed by atoms with Crippen molar-refractivity contribution in [1.29, 1.82) is 0 Å². The predicted octanol–water partition coefficient (Wildman–Crippen LogP) is 2.81. The highest BCUT2D eigenvalue weighted by atomic mass is 19.1. The fourth-order valence-corrected chi connectivity index (χ4v) is 1.80. The van der Waals surface area contributed by atoms with Gasteiger partial charge in [-0.05, 0) is 38.0 Å². The van der Waals surface area contributed by atoms with Gasteiger partial charge in [0.25, 0.3) is 0 Å². The summed E-state index contributed by atoms with van der Waals surface area (Å²) in [6.07, 6.45) is 0.799. The molecule has 0 spiro atoms. The Labute approximate surface area is 111 Å². The van der Waals surface area contributed by atoms with Crippen LogP contribution in [0.15, 0.2) is 22.7 Å². The molecule has 0 bridgehead atoms. The van der Waals surface area contributed by atoms with Crippen molar-refractivity contribution >= 4 is 0 Å². The average molecular weight is 263 g/mol. The van der Waals surface area contributed by atoms with Crippen LogP contribution in [0.1, 0.15) is 31.7 Å². The van der Waals surface area contributed by atoms with Gasteiger partial charge in [-0.3, -0.25) is 0 Å². The third-order valence-corrected chi connectivity index (χ3v) is 3.61. The zero-order chi connectivity index (χ0) is 14.0. The maximum atomic E-state index is 13.3. The third kappa shape index (κ3) is 2.51. The van der Waals surface area contributed by atoms with E-state index >= 15 is 0 Å². The predicted molar refractivity (Wildman–Crippen MR) is 71.1 cm³/mol. The molecule has 0 aliphatic rings. The smallest absolute Gasteiger partial charge is 0.234 e. The van der Waals surface area contributed by atoms with Crippen molar-refractivity contribution < 1.29 is 8.91 Å². The average Bonchev–Trinajstić information content (AvgIpc) is 2.90. The molecule has 102 valence electrons. The van der Waals surface area contributed by atoms with Gasteiger partial charge in [-0.25, -0.2) is 4.39 Å². The molecule has 1 aromatic heterocycles. The quantitative estimate of drug-likeness (QED) is 0.921. The Hall–Kier alpha value is -1.75. The van der Waals surface area contributed by atoms with E-state index in [1.807, 2.05) is 20.8 Å². The van der Waals surface area contributed by atoms with Crippen molar-refractivity contribution in [2.45, 2.75) is 32.6 Å². The number of halogens is 1. The van der Waals surface area contributed by atoms with Crippen molar-refractivity contribution in [3.63, 3.8) is 0 Å². The zero-order valence-corrected chi connectivity index (χ0v) is 11.4. The van der Waals surface area contributed by atoms with E-state index in [-0.39, 0.29) is 11.2 Å². The van der Waals surface area contributed by atoms with Gasteiger partial charge in [0, 0.05) is 12.1 Å². The van der Waals surface area contributed by atoms with Crippen LogP contribution >= 0.6 is 0 Å². The lowest BCUT2D eigenvalue weighted by molar-refractivity contribution is 0.291. The molecule has 1 heterocycles. The molecule has 5 heteroatoms. The van der Waals surface area contributed by atoms with E-state index in [9.17, 15) is 4.39 Å². The molecule has 19 heavy (non-hydrogen) atoms. The summed E-state index contributed by atoms with van der Waals surface area (Å²) >= 11 is 0. The van der Waals surface area contributed by atoms with Gasteiger partial charge < -0.3 is 10.3 Å². The third-order valence-electron chi connectivity index (χ3n) is 3.61. The van der Waals surface area contributed by atoms with E-state index in [0.29, 0.717) is 23.8 Å². The highest BCUT2D eigenvalue weighted by Crippen LogP contribution is 2.28. The Morgan fingerprint density at radius 2 is 2.16 bits per heavy atom. The lowest BCUT2D eigenvalue weighted by Gasteiger charge is -2.20. The summed E-state index contributed by atoms with van der Waals surface area (Å²) in [5, 5.41) is 3.94. The molecule has 2 aromatic rings. The number of nitrogens with zero attached hydrogens (tertiary/aromatic N) is 2. The Balaban J connectivity index is 2.44. The molecule has 0 saturated heterocycles. The van der Waals surface area contributed by atoms with Gasteiger partial charge in [-0.1, -0.05) is 18.1 Å². The molecule has 0 aliphatic heterocycles. The van der Waals surface area contributed by atoms with Crippen LogP contribution in [0.4, 0.5) is 4.39 Å². The Kier molecular flexibility index (Phi) is 3.66. The summed E-state index contributed by atoms with van der Waals surface area (Å²) in [6.45, 7) is 6.30. The van der Waals surface area contributed by atoms with Gasteiger partial charge in [-0.15, -0.1) is 0 Å². The van der Waals surface area contributed by atoms with Gasteiger partial charge in [0.05, 0.1) is 5.41 Å². The first-order chi connectivity index (χ1) is 9.00. The van der Waals surface area contributed by atoms with Gasteiger partial charge in [0.15, 0.2) is 0 Å². The maximum absolute atomic E-state index is 13.3. The van der Waals surface area contributed by atoms with Crippen LogP contribution in [0, 0.1) is 12.7 Å². The number of hydrogen-bond acceptors (Lipinski definition) is 4. The molecule has 2 N–H and O–H groups in total. The molecular weight excluding hydrogens is 245 g/mol. The molecule has 0 saturated carbocycles. The van der Waals surface area contributed by atoms with Crippen molar-refractivity contribution in [1.82, 2.24) is 10.1 Å². The summed E-state index contributed by atoms with van der Waals surface area (Å²) in [4.78, 5) is 4.37. The van der Waals surface area contributed by atoms with Crippen molar-refractivity contribution in [3.8, 4) is 11.4 Å². The molecule has 0 radical (unpaired) electrons. The van der Waals surface area contributed by atoms with Crippen LogP contribution < -0.4 is 5.73 Å². The molecule has 2 rings (SSSR count). The first-order valence-electron chi connectivity index (χ1n) is 6.31. The molecular formula is C14H18FN3O. The maximum Gasteiger partial charge on any atom is 0.234 e. The minimum atomic E-state index is -0.341. The fraction of sp³-hybridized carbons (Fsp3) is 0.429. The van der Waals surface area contributed by atoms with Crippen LogP contribution in [0.25, 0.3) is 11.4 Å². The van der Waals surface area contributed by atoms with Gasteiger partial charge in [0.1, 0.15) is 5.82 Å². The molecule has 0 amide bonds. The molecule has 1 atom stereocenters. The van der Waals surface area contributed by atoms with Crippen LogP contribution in [-0.2, 0) is 5.41 Å². The number of rotatable bonds is 4. The molecule has 0 fully saturated rings. The highest BCUT2D eigenvalue weighted by molar-refractivity contribution is 5.59. The second-order valence-corrected chi connectivity index (χ2v) is 5.00. The van der Waals surface area contributed by atoms with Gasteiger partial charge in [0.2, 0.25) is 11.7 Å². The first kappa shape index (κ1) is 13.7. The second kappa shape index (κ2) is 5.09. The van der Waals surface area contributed by atoms with Crippen molar-refractivity contribution in [2.75, 3.05) is 6.54 Å². The summed E-state index contributed by atoms with van der Waals surface area (Å²) in [6, 6.07) is 4.52. The summed E-state index contributed by atoms with van der Waals surface area (Å²) in [5.41, 5.74) is 6.97. The lowest BCUT2D eigenvalue weighted by atomic mass is 9.88. The summed E-state index contributed by atoms with van der Waals surface area (Å²) < 4.78 is 18.6. The van der Waals surface area contributed by atoms with Crippen molar-refractivity contribution in [3.05, 3.63) is 35.5 Å². The largest absolute Gasteiger partial charge is 0.338 e. The van der Waals surface area contributed by atoms with E-state index in [1.165, 1.54) is 12.1 Å². The lowest BCUT2D eigenvalue weighted by Crippen LogP contribution is -2.31. The number of hydrogen-bond donors (Lipinski definition) is 1. The number of aryl methyl sites for hydroxylation is 1. The van der Waals surface area contributed by atoms with Gasteiger partial charge in [-0.2, -0.15) is 4.98 Å². The number of benzene rings is 1. The first-order valence-corrected chi connectivity index (χ1v) is 6.31. The van der Waals surface area contributed by atoms with E-state index in [4.69, 9.17) is 10.3 Å². The minimum Gasteiger partial charge on any atom is -0.338 e. The molecule has 4 nitrogen and oxygen atoms in total. The van der Waals surface area contributed by atoms with Crippen LogP contribution in [0.5, 0.6) is 0 Å². The van der Waals surface area contributed by atoms with Crippen molar-refractivity contribution in [2.24, 2.45) is 5.73 Å². The standard InChI is InChI=1S/C14H18FN3O/c1-4-14(3,8-16)13-17-12(18-19-13)11-7-10(15)6-5-9(11)2/h5-7H,4,8,16H2,1-3H3. The van der Waals surface area contributed by atoms with Crippen LogP contribution in [0.2, 0.25) is 0 Å². The van der Waals surface area contributed by atoms with Crippen LogP contribution in [-0.4, -0.2) is 16.7 Å². The SMILES string of the molecule is CCC(C)(CN)c1nc(-c2cc(F)ccc2C)no1. The van der Waals surface area contributed by atoms with E-state index in [2.05, 4.69) is 10.1 Å². The summed E-state index contributed by atoms with van der Waals surface area (Å²) in [7, 11) is 0. The molecule has 1 unspecified atom stereocenters. The Bertz CT molecular complexity index is 576. The normalized spacial score (nSPS) is 14.4. The molecule has 0 aliphatic carbocycles. The monoisotopic (exact) mass is 263 g/mol. The highest BCUT2D eigenvalue weighted by Gasteiger charge is 2.30. The summed E-state index contributed by atoms with van der Waals surface area (Å²) in [5.74, 6) is 0.584. The minimum absolute atomic E-state index is 0.316. The van der Waals surface area contributed by atoms with E-state index < -0.39 is 0 Å². The second-order valence-electron chi connectivity index (χ2n) is 5.00. The Morgan fingerprint density at radius 3 is 2.79 bits per heavy atom. The van der Waals surface area contributed by atoms with Crippen LogP contribution in [0.3, 0.4) is 0 Å². The zero-order valence-electron chi connectivity index (χ0n) is 11.4. The van der Waals surface area contributed by atoms with E-state index in [0.717, 1.165) is 12.0 Å². The topological polar surface area (TPSA) is 64.9 Å².